The zero-order chi connectivity index (χ0) is 23.5. The van der Waals surface area contributed by atoms with Crippen molar-refractivity contribution in [2.75, 3.05) is 11.9 Å². The van der Waals surface area contributed by atoms with Crippen molar-refractivity contribution in [3.05, 3.63) is 98.5 Å². The SMILES string of the molecule is O=C(COc1cccc(/C=c2\sc3nc(-c4ccncc4)nn3c2=O)c1)Nc1ccc(Cl)cc1. The average Bonchev–Trinajstić information content (AvgIpc) is 3.39. The standard InChI is InChI=1S/C24H16ClN5O3S/c25-17-4-6-18(7-5-17)27-21(31)14-33-19-3-1-2-15(12-19)13-20-23(32)30-24(34-20)28-22(29-30)16-8-10-26-11-9-16/h1-13H,14H2,(H,27,31)/b20-13-. The summed E-state index contributed by atoms with van der Waals surface area (Å²) in [5.41, 5.74) is 1.93. The highest BCUT2D eigenvalue weighted by Gasteiger charge is 2.12. The number of rotatable bonds is 6. The molecule has 0 spiro atoms. The molecule has 10 heteroatoms. The number of halogens is 1. The second-order valence-corrected chi connectivity index (χ2v) is 8.64. The molecule has 2 aromatic carbocycles. The Morgan fingerprint density at radius 2 is 1.91 bits per heavy atom. The van der Waals surface area contributed by atoms with E-state index in [4.69, 9.17) is 16.3 Å². The molecule has 0 aliphatic rings. The summed E-state index contributed by atoms with van der Waals surface area (Å²) in [4.78, 5) is 33.9. The Morgan fingerprint density at radius 1 is 1.12 bits per heavy atom. The van der Waals surface area contributed by atoms with Crippen LogP contribution in [-0.2, 0) is 4.79 Å². The molecule has 34 heavy (non-hydrogen) atoms. The van der Waals surface area contributed by atoms with Gasteiger partial charge in [-0.3, -0.25) is 14.6 Å². The Hall–Kier alpha value is -4.08. The van der Waals surface area contributed by atoms with Crippen molar-refractivity contribution in [2.24, 2.45) is 0 Å². The summed E-state index contributed by atoms with van der Waals surface area (Å²) in [6, 6.07) is 17.5. The lowest BCUT2D eigenvalue weighted by Gasteiger charge is -2.08. The van der Waals surface area contributed by atoms with Crippen LogP contribution >= 0.6 is 22.9 Å². The number of hydrogen-bond acceptors (Lipinski definition) is 7. The molecular formula is C24H16ClN5O3S. The van der Waals surface area contributed by atoms with Crippen LogP contribution in [0.4, 0.5) is 5.69 Å². The van der Waals surface area contributed by atoms with Crippen molar-refractivity contribution in [1.82, 2.24) is 19.6 Å². The van der Waals surface area contributed by atoms with Crippen LogP contribution in [0.15, 0.2) is 77.9 Å². The Labute approximate surface area is 202 Å². The average molecular weight is 490 g/mol. The molecule has 5 aromatic rings. The normalized spacial score (nSPS) is 11.6. The predicted octanol–water partition coefficient (Wildman–Crippen LogP) is 3.43. The maximum Gasteiger partial charge on any atom is 0.291 e. The summed E-state index contributed by atoms with van der Waals surface area (Å²) in [7, 11) is 0. The zero-order valence-electron chi connectivity index (χ0n) is 17.5. The summed E-state index contributed by atoms with van der Waals surface area (Å²) in [5.74, 6) is 0.686. The van der Waals surface area contributed by atoms with E-state index in [1.807, 2.05) is 6.07 Å². The van der Waals surface area contributed by atoms with E-state index in [-0.39, 0.29) is 18.1 Å². The third-order valence-corrected chi connectivity index (χ3v) is 5.99. The summed E-state index contributed by atoms with van der Waals surface area (Å²) < 4.78 is 7.41. The minimum absolute atomic E-state index is 0.159. The molecule has 0 atom stereocenters. The second-order valence-electron chi connectivity index (χ2n) is 7.20. The number of aromatic nitrogens is 4. The molecule has 0 aliphatic heterocycles. The van der Waals surface area contributed by atoms with E-state index in [2.05, 4.69) is 20.4 Å². The van der Waals surface area contributed by atoms with E-state index in [0.717, 1.165) is 11.1 Å². The van der Waals surface area contributed by atoms with Crippen LogP contribution in [0.1, 0.15) is 5.56 Å². The van der Waals surface area contributed by atoms with E-state index in [1.54, 1.807) is 73.1 Å². The van der Waals surface area contributed by atoms with Crippen molar-refractivity contribution in [2.45, 2.75) is 0 Å². The van der Waals surface area contributed by atoms with Crippen molar-refractivity contribution in [3.63, 3.8) is 0 Å². The number of benzene rings is 2. The van der Waals surface area contributed by atoms with Gasteiger partial charge in [-0.2, -0.15) is 9.50 Å². The fourth-order valence-electron chi connectivity index (χ4n) is 3.18. The lowest BCUT2D eigenvalue weighted by molar-refractivity contribution is -0.118. The van der Waals surface area contributed by atoms with Gasteiger partial charge in [0, 0.05) is 28.7 Å². The maximum atomic E-state index is 12.8. The molecular weight excluding hydrogens is 474 g/mol. The Balaban J connectivity index is 1.31. The first-order chi connectivity index (χ1) is 16.5. The number of carbonyl (C=O) groups is 1. The summed E-state index contributed by atoms with van der Waals surface area (Å²) in [6.07, 6.45) is 5.05. The number of pyridine rings is 1. The highest BCUT2D eigenvalue weighted by Crippen LogP contribution is 2.17. The molecule has 0 saturated heterocycles. The van der Waals surface area contributed by atoms with E-state index in [1.165, 1.54) is 15.9 Å². The molecule has 0 bridgehead atoms. The van der Waals surface area contributed by atoms with E-state index in [9.17, 15) is 9.59 Å². The van der Waals surface area contributed by atoms with Gasteiger partial charge >= 0.3 is 0 Å². The van der Waals surface area contributed by atoms with Crippen molar-refractivity contribution in [1.29, 1.82) is 0 Å². The molecule has 0 saturated carbocycles. The molecule has 0 unspecified atom stereocenters. The molecule has 8 nitrogen and oxygen atoms in total. The minimum Gasteiger partial charge on any atom is -0.484 e. The Bertz CT molecular complexity index is 1580. The molecule has 3 heterocycles. The van der Waals surface area contributed by atoms with Gasteiger partial charge in [-0.25, -0.2) is 0 Å². The van der Waals surface area contributed by atoms with Crippen LogP contribution in [0, 0.1) is 0 Å². The van der Waals surface area contributed by atoms with E-state index < -0.39 is 0 Å². The van der Waals surface area contributed by atoms with Gasteiger partial charge in [0.2, 0.25) is 4.96 Å². The molecule has 0 radical (unpaired) electrons. The quantitative estimate of drug-likeness (QED) is 0.392. The third kappa shape index (κ3) is 4.80. The van der Waals surface area contributed by atoms with Crippen LogP contribution in [0.2, 0.25) is 5.02 Å². The van der Waals surface area contributed by atoms with Gasteiger partial charge in [-0.15, -0.1) is 5.10 Å². The number of thiazole rings is 1. The first-order valence-corrected chi connectivity index (χ1v) is 11.3. The maximum absolute atomic E-state index is 12.8. The third-order valence-electron chi connectivity index (χ3n) is 4.77. The summed E-state index contributed by atoms with van der Waals surface area (Å²) >= 11 is 7.10. The Kier molecular flexibility index (Phi) is 6.03. The first kappa shape index (κ1) is 21.7. The van der Waals surface area contributed by atoms with Crippen molar-refractivity contribution in [3.8, 4) is 17.1 Å². The molecule has 3 aromatic heterocycles. The fourth-order valence-corrected chi connectivity index (χ4v) is 4.22. The highest BCUT2D eigenvalue weighted by molar-refractivity contribution is 7.15. The molecule has 1 N–H and O–H groups in total. The molecule has 0 fully saturated rings. The van der Waals surface area contributed by atoms with Gasteiger partial charge < -0.3 is 10.1 Å². The van der Waals surface area contributed by atoms with Crippen LogP contribution in [-0.4, -0.2) is 32.1 Å². The monoisotopic (exact) mass is 489 g/mol. The largest absolute Gasteiger partial charge is 0.484 e. The second kappa shape index (κ2) is 9.42. The number of hydrogen-bond donors (Lipinski definition) is 1. The summed E-state index contributed by atoms with van der Waals surface area (Å²) in [6.45, 7) is -0.159. The smallest absolute Gasteiger partial charge is 0.291 e. The van der Waals surface area contributed by atoms with Gasteiger partial charge in [0.1, 0.15) is 5.75 Å². The van der Waals surface area contributed by atoms with Gasteiger partial charge in [0.15, 0.2) is 12.4 Å². The fraction of sp³-hybridized carbons (Fsp3) is 0.0417. The van der Waals surface area contributed by atoms with Crippen LogP contribution in [0.5, 0.6) is 5.75 Å². The van der Waals surface area contributed by atoms with Gasteiger partial charge in [-0.05, 0) is 60.2 Å². The van der Waals surface area contributed by atoms with Crippen molar-refractivity contribution < 1.29 is 9.53 Å². The zero-order valence-corrected chi connectivity index (χ0v) is 19.1. The highest BCUT2D eigenvalue weighted by atomic mass is 35.5. The predicted molar refractivity (Wildman–Crippen MR) is 131 cm³/mol. The first-order valence-electron chi connectivity index (χ1n) is 10.2. The molecule has 168 valence electrons. The number of fused-ring (bicyclic) bond motifs is 1. The number of nitrogens with one attached hydrogen (secondary N) is 1. The molecule has 1 amide bonds. The number of anilines is 1. The number of ether oxygens (including phenoxy) is 1. The van der Waals surface area contributed by atoms with E-state index in [0.29, 0.717) is 31.8 Å². The van der Waals surface area contributed by atoms with Crippen molar-refractivity contribution >= 4 is 45.6 Å². The lowest BCUT2D eigenvalue weighted by Crippen LogP contribution is -2.23. The minimum atomic E-state index is -0.297. The van der Waals surface area contributed by atoms with Gasteiger partial charge in [0.05, 0.1) is 4.53 Å². The van der Waals surface area contributed by atoms with Crippen LogP contribution < -0.4 is 20.1 Å². The lowest BCUT2D eigenvalue weighted by atomic mass is 10.2. The number of carbonyl (C=O) groups excluding carboxylic acids is 1. The summed E-state index contributed by atoms with van der Waals surface area (Å²) in [5, 5.41) is 7.66. The number of nitrogens with zero attached hydrogens (tertiary/aromatic N) is 4. The topological polar surface area (TPSA) is 98.5 Å². The van der Waals surface area contributed by atoms with Gasteiger partial charge in [0.25, 0.3) is 11.5 Å². The molecule has 0 aliphatic carbocycles. The number of amides is 1. The van der Waals surface area contributed by atoms with Crippen LogP contribution in [0.25, 0.3) is 22.4 Å². The Morgan fingerprint density at radius 3 is 2.68 bits per heavy atom. The van der Waals surface area contributed by atoms with Gasteiger partial charge in [-0.1, -0.05) is 35.1 Å². The molecule has 5 rings (SSSR count). The van der Waals surface area contributed by atoms with Crippen LogP contribution in [0.3, 0.4) is 0 Å². The van der Waals surface area contributed by atoms with E-state index >= 15 is 0 Å².